The molecular weight excluding hydrogens is 525 g/mol. The Bertz CT molecular complexity index is 1640. The zero-order valence-electron chi connectivity index (χ0n) is 22.3. The number of allylic oxidation sites excluding steroid dienone is 4. The van der Waals surface area contributed by atoms with E-state index in [1.165, 1.54) is 18.2 Å². The maximum atomic E-state index is 13.2. The van der Waals surface area contributed by atoms with Crippen LogP contribution in [-0.2, 0) is 23.1 Å². The molecule has 0 fully saturated rings. The van der Waals surface area contributed by atoms with Gasteiger partial charge in [-0.2, -0.15) is 0 Å². The van der Waals surface area contributed by atoms with E-state index in [2.05, 4.69) is 4.72 Å². The minimum Gasteiger partial charge on any atom is -0.488 e. The monoisotopic (exact) mass is 555 g/mol. The Labute approximate surface area is 234 Å². The van der Waals surface area contributed by atoms with Crippen molar-refractivity contribution in [1.29, 1.82) is 0 Å². The topological polar surface area (TPSA) is 72.5 Å². The fourth-order valence-corrected chi connectivity index (χ4v) is 5.09. The molecule has 0 atom stereocenters. The zero-order chi connectivity index (χ0) is 28.5. The first kappa shape index (κ1) is 28.5. The van der Waals surface area contributed by atoms with Crippen molar-refractivity contribution in [3.63, 3.8) is 0 Å². The third-order valence-electron chi connectivity index (χ3n) is 6.19. The number of amides is 1. The second kappa shape index (κ2) is 13.0. The van der Waals surface area contributed by atoms with Gasteiger partial charge in [0.05, 0.1) is 4.90 Å². The maximum absolute atomic E-state index is 13.2. The summed E-state index contributed by atoms with van der Waals surface area (Å²) in [6.45, 7) is 4.29. The van der Waals surface area contributed by atoms with Crippen molar-refractivity contribution in [2.75, 3.05) is 0 Å². The first-order valence-corrected chi connectivity index (χ1v) is 14.2. The van der Waals surface area contributed by atoms with Crippen LogP contribution in [0, 0.1) is 5.82 Å². The van der Waals surface area contributed by atoms with Crippen LogP contribution in [0.4, 0.5) is 4.39 Å². The van der Waals surface area contributed by atoms with Gasteiger partial charge in [0, 0.05) is 11.1 Å². The zero-order valence-corrected chi connectivity index (χ0v) is 23.1. The highest BCUT2D eigenvalue weighted by molar-refractivity contribution is 7.90. The predicted molar refractivity (Wildman–Crippen MR) is 156 cm³/mol. The molecule has 0 heterocycles. The molecule has 0 aliphatic rings. The number of rotatable bonds is 10. The SMILES string of the molecule is C/C(=C/C=C(\C)c1ccccc1OCc1ccc(F)cc1)Cc1cccc(S(=O)(=O)NC(=O)c2ccccc2)c1. The lowest BCUT2D eigenvalue weighted by Gasteiger charge is -2.12. The van der Waals surface area contributed by atoms with Crippen LogP contribution >= 0.6 is 0 Å². The molecular formula is C33H30FNO4S. The Morgan fingerprint density at radius 2 is 1.52 bits per heavy atom. The molecule has 0 saturated heterocycles. The average Bonchev–Trinajstić information content (AvgIpc) is 2.96. The summed E-state index contributed by atoms with van der Waals surface area (Å²) in [7, 11) is -4.02. The van der Waals surface area contributed by atoms with Gasteiger partial charge in [0.15, 0.2) is 0 Å². The lowest BCUT2D eigenvalue weighted by Crippen LogP contribution is -2.30. The lowest BCUT2D eigenvalue weighted by molar-refractivity contribution is 0.0981. The number of carbonyl (C=O) groups excluding carboxylic acids is 1. The van der Waals surface area contributed by atoms with Crippen LogP contribution in [0.3, 0.4) is 0 Å². The van der Waals surface area contributed by atoms with E-state index in [0.717, 1.165) is 33.6 Å². The number of sulfonamides is 1. The predicted octanol–water partition coefficient (Wildman–Crippen LogP) is 7.12. The minimum atomic E-state index is -4.02. The molecule has 0 aromatic heterocycles. The fraction of sp³-hybridized carbons (Fsp3) is 0.121. The first-order valence-electron chi connectivity index (χ1n) is 12.7. The fourth-order valence-electron chi connectivity index (χ4n) is 4.05. The summed E-state index contributed by atoms with van der Waals surface area (Å²) in [5, 5.41) is 0. The Morgan fingerprint density at radius 1 is 0.825 bits per heavy atom. The molecule has 0 radical (unpaired) electrons. The van der Waals surface area contributed by atoms with Gasteiger partial charge in [-0.25, -0.2) is 17.5 Å². The van der Waals surface area contributed by atoms with E-state index < -0.39 is 15.9 Å². The van der Waals surface area contributed by atoms with E-state index >= 15 is 0 Å². The highest BCUT2D eigenvalue weighted by atomic mass is 32.2. The van der Waals surface area contributed by atoms with Crippen LogP contribution in [-0.4, -0.2) is 14.3 Å². The number of para-hydroxylation sites is 1. The van der Waals surface area contributed by atoms with Crippen molar-refractivity contribution in [2.45, 2.75) is 31.8 Å². The minimum absolute atomic E-state index is 0.0287. The van der Waals surface area contributed by atoms with Crippen LogP contribution < -0.4 is 9.46 Å². The molecule has 4 aromatic carbocycles. The van der Waals surface area contributed by atoms with Gasteiger partial charge in [-0.05, 0) is 79.4 Å². The van der Waals surface area contributed by atoms with Gasteiger partial charge in [-0.3, -0.25) is 4.79 Å². The summed E-state index contributed by atoms with van der Waals surface area (Å²) in [5.74, 6) is -0.236. The molecule has 0 bridgehead atoms. The molecule has 1 N–H and O–H groups in total. The van der Waals surface area contributed by atoms with E-state index in [1.807, 2.05) is 56.3 Å². The molecule has 0 spiro atoms. The smallest absolute Gasteiger partial charge is 0.264 e. The van der Waals surface area contributed by atoms with Gasteiger partial charge in [0.1, 0.15) is 18.2 Å². The molecule has 0 saturated carbocycles. The quantitative estimate of drug-likeness (QED) is 0.212. The second-order valence-electron chi connectivity index (χ2n) is 9.40. The Morgan fingerprint density at radius 3 is 2.27 bits per heavy atom. The van der Waals surface area contributed by atoms with E-state index in [1.54, 1.807) is 54.6 Å². The number of ether oxygens (including phenoxy) is 1. The normalized spacial score (nSPS) is 12.2. The van der Waals surface area contributed by atoms with Crippen molar-refractivity contribution < 1.29 is 22.3 Å². The van der Waals surface area contributed by atoms with Crippen molar-refractivity contribution in [3.8, 4) is 5.75 Å². The Hall–Kier alpha value is -4.49. The van der Waals surface area contributed by atoms with Crippen LogP contribution in [0.25, 0.3) is 5.57 Å². The van der Waals surface area contributed by atoms with E-state index in [9.17, 15) is 17.6 Å². The van der Waals surface area contributed by atoms with Crippen LogP contribution in [0.5, 0.6) is 5.75 Å². The number of carbonyl (C=O) groups is 1. The lowest BCUT2D eigenvalue weighted by atomic mass is 10.0. The van der Waals surface area contributed by atoms with Crippen molar-refractivity contribution in [2.24, 2.45) is 0 Å². The largest absolute Gasteiger partial charge is 0.488 e. The first-order chi connectivity index (χ1) is 19.2. The standard InChI is InChI=1S/C33H30FNO4S/c1-24(15-16-25(2)31-13-6-7-14-32(31)39-23-26-17-19-29(34)20-18-26)21-27-9-8-12-30(22-27)40(37,38)35-33(36)28-10-4-3-5-11-28/h3-20,22H,21,23H2,1-2H3,(H,35,36)/b24-15-,25-16+. The summed E-state index contributed by atoms with van der Waals surface area (Å²) >= 11 is 0. The van der Waals surface area contributed by atoms with Crippen molar-refractivity contribution in [1.82, 2.24) is 4.72 Å². The molecule has 0 unspecified atom stereocenters. The second-order valence-corrected chi connectivity index (χ2v) is 11.1. The molecule has 204 valence electrons. The van der Waals surface area contributed by atoms with E-state index in [-0.39, 0.29) is 16.3 Å². The van der Waals surface area contributed by atoms with Crippen molar-refractivity contribution in [3.05, 3.63) is 149 Å². The molecule has 40 heavy (non-hydrogen) atoms. The van der Waals surface area contributed by atoms with Crippen molar-refractivity contribution >= 4 is 21.5 Å². The van der Waals surface area contributed by atoms with Crippen LogP contribution in [0.2, 0.25) is 0 Å². The average molecular weight is 556 g/mol. The van der Waals surface area contributed by atoms with Gasteiger partial charge in [0.25, 0.3) is 15.9 Å². The van der Waals surface area contributed by atoms with Gasteiger partial charge in [-0.15, -0.1) is 0 Å². The summed E-state index contributed by atoms with van der Waals surface area (Å²) in [6, 6.07) is 28.7. The number of benzene rings is 4. The molecule has 0 aliphatic carbocycles. The van der Waals surface area contributed by atoms with Crippen LogP contribution in [0.15, 0.2) is 126 Å². The summed E-state index contributed by atoms with van der Waals surface area (Å²) in [4.78, 5) is 12.4. The molecule has 0 aliphatic heterocycles. The third-order valence-corrected chi connectivity index (χ3v) is 7.52. The molecule has 4 rings (SSSR count). The summed E-state index contributed by atoms with van der Waals surface area (Å²) in [6.07, 6.45) is 4.52. The third kappa shape index (κ3) is 7.77. The Kier molecular flexibility index (Phi) is 9.30. The highest BCUT2D eigenvalue weighted by Gasteiger charge is 2.19. The van der Waals surface area contributed by atoms with E-state index in [4.69, 9.17) is 4.74 Å². The summed E-state index contributed by atoms with van der Waals surface area (Å²) in [5.41, 5.74) is 4.90. The van der Waals surface area contributed by atoms with Gasteiger partial charge >= 0.3 is 0 Å². The highest BCUT2D eigenvalue weighted by Crippen LogP contribution is 2.27. The molecule has 4 aromatic rings. The molecule has 5 nitrogen and oxygen atoms in total. The van der Waals surface area contributed by atoms with Gasteiger partial charge < -0.3 is 4.74 Å². The Balaban J connectivity index is 1.44. The summed E-state index contributed by atoms with van der Waals surface area (Å²) < 4.78 is 47.0. The van der Waals surface area contributed by atoms with E-state index in [0.29, 0.717) is 13.0 Å². The van der Waals surface area contributed by atoms with Crippen LogP contribution in [0.1, 0.15) is 40.9 Å². The maximum Gasteiger partial charge on any atom is 0.264 e. The number of halogens is 1. The molecule has 7 heteroatoms. The number of hydrogen-bond acceptors (Lipinski definition) is 4. The van der Waals surface area contributed by atoms with Gasteiger partial charge in [0.2, 0.25) is 0 Å². The number of nitrogens with one attached hydrogen (secondary N) is 1. The molecule has 1 amide bonds. The van der Waals surface area contributed by atoms with Gasteiger partial charge in [-0.1, -0.05) is 78.4 Å². The number of hydrogen-bond donors (Lipinski definition) is 1.